The number of amides is 3. The number of rotatable bonds is 14. The van der Waals surface area contributed by atoms with Crippen LogP contribution >= 0.6 is 0 Å². The van der Waals surface area contributed by atoms with Gasteiger partial charge in [0.05, 0.1) is 13.3 Å². The predicted octanol–water partition coefficient (Wildman–Crippen LogP) is 2.67. The van der Waals surface area contributed by atoms with Gasteiger partial charge in [-0.3, -0.25) is 9.59 Å². The fraction of sp³-hybridized carbons (Fsp3) is 0.577. The Morgan fingerprint density at radius 2 is 1.90 bits per heavy atom. The predicted molar refractivity (Wildman–Crippen MR) is 136 cm³/mol. The molecule has 1 saturated heterocycles. The number of carbonyl (C=O) groups is 4. The minimum Gasteiger partial charge on any atom is -0.468 e. The number of likely N-dealkylation sites (tertiary alicyclic amines) is 1. The van der Waals surface area contributed by atoms with Gasteiger partial charge in [0.2, 0.25) is 12.1 Å². The van der Waals surface area contributed by atoms with Crippen LogP contribution in [0.1, 0.15) is 51.5 Å². The number of urea groups is 1. The van der Waals surface area contributed by atoms with Crippen molar-refractivity contribution < 1.29 is 42.3 Å². The summed E-state index contributed by atoms with van der Waals surface area (Å²) < 4.78 is 37.3. The molecule has 13 heteroatoms. The van der Waals surface area contributed by atoms with Crippen molar-refractivity contribution in [3.8, 4) is 0 Å². The van der Waals surface area contributed by atoms with Crippen LogP contribution in [0.2, 0.25) is 0 Å². The normalized spacial score (nSPS) is 16.4. The Hall–Kier alpha value is -3.77. The molecule has 3 atom stereocenters. The van der Waals surface area contributed by atoms with E-state index in [9.17, 15) is 28.0 Å². The lowest BCUT2D eigenvalue weighted by Gasteiger charge is -2.22. The summed E-state index contributed by atoms with van der Waals surface area (Å²) in [5.74, 6) is -4.42. The zero-order chi connectivity index (χ0) is 28.8. The highest BCUT2D eigenvalue weighted by Gasteiger charge is 2.34. The van der Waals surface area contributed by atoms with Crippen molar-refractivity contribution in [2.75, 3.05) is 26.8 Å². The van der Waals surface area contributed by atoms with Gasteiger partial charge in [0.25, 0.3) is 0 Å². The molecule has 0 aliphatic carbocycles. The van der Waals surface area contributed by atoms with Crippen LogP contribution < -0.4 is 10.6 Å². The van der Waals surface area contributed by atoms with Gasteiger partial charge in [-0.15, -0.1) is 0 Å². The second kappa shape index (κ2) is 16.2. The molecule has 3 amide bonds. The fourth-order valence-electron chi connectivity index (χ4n) is 3.99. The van der Waals surface area contributed by atoms with E-state index in [-0.39, 0.29) is 17.9 Å². The standard InChI is InChI=1S/C26H36F2N4O7/c1-4-5-6-9-29-26(36)31-23(13-18-11-20(27)14-21(28)12-18)39-30-15-19(24(34)37-3)16-38-25(35)22-8-7-10-32(22)17(2)33/h11-12,14-15,19,22-23H,4-10,13,16H2,1-3H3,(H2,29,31,36)/b30-15+. The first-order valence-electron chi connectivity index (χ1n) is 12.8. The first kappa shape index (κ1) is 31.4. The molecule has 0 aromatic heterocycles. The average Bonchev–Trinajstić information content (AvgIpc) is 3.38. The van der Waals surface area contributed by atoms with Crippen molar-refractivity contribution >= 4 is 30.1 Å². The summed E-state index contributed by atoms with van der Waals surface area (Å²) in [6.45, 7) is 3.83. The van der Waals surface area contributed by atoms with E-state index < -0.39 is 54.4 Å². The third kappa shape index (κ3) is 10.9. The average molecular weight is 555 g/mol. The molecule has 39 heavy (non-hydrogen) atoms. The molecule has 0 saturated carbocycles. The summed E-state index contributed by atoms with van der Waals surface area (Å²) in [6, 6.07) is 1.59. The number of esters is 2. The lowest BCUT2D eigenvalue weighted by molar-refractivity contribution is -0.156. The molecule has 0 bridgehead atoms. The topological polar surface area (TPSA) is 136 Å². The minimum atomic E-state index is -1.16. The maximum absolute atomic E-state index is 13.7. The maximum Gasteiger partial charge on any atom is 0.328 e. The van der Waals surface area contributed by atoms with E-state index in [2.05, 4.69) is 15.8 Å². The Bertz CT molecular complexity index is 1000. The highest BCUT2D eigenvalue weighted by Crippen LogP contribution is 2.19. The minimum absolute atomic E-state index is 0.144. The third-order valence-corrected chi connectivity index (χ3v) is 5.97. The number of nitrogens with zero attached hydrogens (tertiary/aromatic N) is 2. The number of unbranched alkanes of at least 4 members (excludes halogenated alkanes) is 2. The molecule has 1 fully saturated rings. The Morgan fingerprint density at radius 1 is 1.18 bits per heavy atom. The molecular weight excluding hydrogens is 518 g/mol. The zero-order valence-corrected chi connectivity index (χ0v) is 22.4. The molecule has 0 spiro atoms. The number of carbonyl (C=O) groups excluding carboxylic acids is 4. The smallest absolute Gasteiger partial charge is 0.328 e. The van der Waals surface area contributed by atoms with Crippen LogP contribution in [0.15, 0.2) is 23.4 Å². The second-order valence-electron chi connectivity index (χ2n) is 9.07. The Kier molecular flexibility index (Phi) is 13.1. The van der Waals surface area contributed by atoms with Crippen LogP contribution in [-0.2, 0) is 35.1 Å². The third-order valence-electron chi connectivity index (χ3n) is 5.97. The summed E-state index contributed by atoms with van der Waals surface area (Å²) in [5, 5.41) is 8.95. The number of hydrogen-bond acceptors (Lipinski definition) is 8. The number of nitrogens with one attached hydrogen (secondary N) is 2. The highest BCUT2D eigenvalue weighted by molar-refractivity contribution is 5.90. The number of benzene rings is 1. The molecule has 11 nitrogen and oxygen atoms in total. The van der Waals surface area contributed by atoms with Crippen molar-refractivity contribution in [1.29, 1.82) is 0 Å². The number of methoxy groups -OCH3 is 1. The molecule has 1 aliphatic rings. The number of ether oxygens (including phenoxy) is 2. The monoisotopic (exact) mass is 554 g/mol. The van der Waals surface area contributed by atoms with Gasteiger partial charge in [0.1, 0.15) is 30.2 Å². The van der Waals surface area contributed by atoms with Gasteiger partial charge in [-0.05, 0) is 37.0 Å². The van der Waals surface area contributed by atoms with E-state index in [0.717, 1.165) is 50.8 Å². The van der Waals surface area contributed by atoms with Gasteiger partial charge in [-0.25, -0.2) is 18.4 Å². The van der Waals surface area contributed by atoms with Gasteiger partial charge in [-0.2, -0.15) is 0 Å². The summed E-state index contributed by atoms with van der Waals surface area (Å²) in [6.07, 6.45) is 3.52. The SMILES string of the molecule is CCCCCNC(=O)NC(Cc1cc(F)cc(F)c1)O/N=C/C(COC(=O)C1CCCN1C(C)=O)C(=O)OC. The number of halogens is 2. The van der Waals surface area contributed by atoms with Gasteiger partial charge >= 0.3 is 18.0 Å². The molecule has 3 unspecified atom stereocenters. The quantitative estimate of drug-likeness (QED) is 0.119. The number of hydrogen-bond donors (Lipinski definition) is 2. The molecule has 1 aliphatic heterocycles. The van der Waals surface area contributed by atoms with Crippen LogP contribution in [0.3, 0.4) is 0 Å². The largest absolute Gasteiger partial charge is 0.468 e. The summed E-state index contributed by atoms with van der Waals surface area (Å²) in [5.41, 5.74) is 0.198. The lowest BCUT2D eigenvalue weighted by Crippen LogP contribution is -2.44. The Balaban J connectivity index is 2.05. The van der Waals surface area contributed by atoms with E-state index in [1.165, 1.54) is 11.8 Å². The highest BCUT2D eigenvalue weighted by atomic mass is 19.1. The Labute approximate surface area is 226 Å². The summed E-state index contributed by atoms with van der Waals surface area (Å²) >= 11 is 0. The van der Waals surface area contributed by atoms with Gasteiger partial charge in [-0.1, -0.05) is 24.9 Å². The van der Waals surface area contributed by atoms with Gasteiger partial charge < -0.3 is 29.8 Å². The van der Waals surface area contributed by atoms with Crippen molar-refractivity contribution in [2.45, 2.75) is 64.6 Å². The molecule has 1 aromatic rings. The zero-order valence-electron chi connectivity index (χ0n) is 22.4. The van der Waals surface area contributed by atoms with Crippen LogP contribution in [0.25, 0.3) is 0 Å². The van der Waals surface area contributed by atoms with Crippen LogP contribution in [0.5, 0.6) is 0 Å². The van der Waals surface area contributed by atoms with E-state index >= 15 is 0 Å². The van der Waals surface area contributed by atoms with E-state index in [1.807, 2.05) is 6.92 Å². The number of oxime groups is 1. The summed E-state index contributed by atoms with van der Waals surface area (Å²) in [4.78, 5) is 55.5. The van der Waals surface area contributed by atoms with E-state index in [1.54, 1.807) is 0 Å². The van der Waals surface area contributed by atoms with Crippen LogP contribution in [-0.4, -0.2) is 74.1 Å². The van der Waals surface area contributed by atoms with Crippen LogP contribution in [0, 0.1) is 17.6 Å². The molecule has 0 radical (unpaired) electrons. The summed E-state index contributed by atoms with van der Waals surface area (Å²) in [7, 11) is 1.14. The van der Waals surface area contributed by atoms with Crippen molar-refractivity contribution in [2.24, 2.45) is 11.1 Å². The molecular formula is C26H36F2N4O7. The molecule has 1 aromatic carbocycles. The van der Waals surface area contributed by atoms with Crippen LogP contribution in [0.4, 0.5) is 13.6 Å². The maximum atomic E-state index is 13.7. The van der Waals surface area contributed by atoms with Crippen molar-refractivity contribution in [3.05, 3.63) is 35.4 Å². The van der Waals surface area contributed by atoms with E-state index in [4.69, 9.17) is 14.3 Å². The molecule has 1 heterocycles. The van der Waals surface area contributed by atoms with Crippen molar-refractivity contribution in [1.82, 2.24) is 15.5 Å². The fourth-order valence-corrected chi connectivity index (χ4v) is 3.99. The van der Waals surface area contributed by atoms with Crippen molar-refractivity contribution in [3.63, 3.8) is 0 Å². The first-order valence-corrected chi connectivity index (χ1v) is 12.8. The van der Waals surface area contributed by atoms with Gasteiger partial charge in [0.15, 0.2) is 0 Å². The van der Waals surface area contributed by atoms with Gasteiger partial charge in [0, 0.05) is 32.5 Å². The first-order chi connectivity index (χ1) is 18.6. The molecule has 216 valence electrons. The van der Waals surface area contributed by atoms with E-state index in [0.29, 0.717) is 25.9 Å². The lowest BCUT2D eigenvalue weighted by atomic mass is 10.1. The molecule has 2 rings (SSSR count). The Morgan fingerprint density at radius 3 is 2.54 bits per heavy atom. The second-order valence-corrected chi connectivity index (χ2v) is 9.07. The molecule has 2 N–H and O–H groups in total.